The highest BCUT2D eigenvalue weighted by Gasteiger charge is 2.53. The second-order valence-electron chi connectivity index (χ2n) is 3.92. The zero-order valence-corrected chi connectivity index (χ0v) is 8.98. The van der Waals surface area contributed by atoms with Crippen molar-refractivity contribution >= 4 is 11.9 Å². The Bertz CT molecular complexity index is 356. The number of carbonyl (C=O) groups excluding carboxylic acids is 1. The Morgan fingerprint density at radius 2 is 1.60 bits per heavy atom. The van der Waals surface area contributed by atoms with Gasteiger partial charge in [-0.1, -0.05) is 24.3 Å². The van der Waals surface area contributed by atoms with Crippen LogP contribution in [0.2, 0.25) is 0 Å². The predicted octanol–water partition coefficient (Wildman–Crippen LogP) is 1.38. The number of hydrogen-bond donors (Lipinski definition) is 1. The van der Waals surface area contributed by atoms with Gasteiger partial charge in [0.25, 0.3) is 0 Å². The summed E-state index contributed by atoms with van der Waals surface area (Å²) < 4.78 is 4.65. The van der Waals surface area contributed by atoms with E-state index in [4.69, 9.17) is 0 Å². The van der Waals surface area contributed by atoms with Gasteiger partial charge in [0, 0.05) is 0 Å². The van der Waals surface area contributed by atoms with E-state index in [-0.39, 0.29) is 0 Å². The number of esters is 1. The fourth-order valence-corrected chi connectivity index (χ4v) is 1.63. The van der Waals surface area contributed by atoms with Crippen LogP contribution in [0, 0.1) is 10.8 Å². The van der Waals surface area contributed by atoms with Crippen LogP contribution in [0.3, 0.4) is 0 Å². The normalized spacial score (nSPS) is 33.8. The van der Waals surface area contributed by atoms with E-state index < -0.39 is 22.8 Å². The standard InChI is InChI=1S/C11H14O4/c1-10(8(12)13)6-4-5-7-11(10,2)9(14)15-3/h4-7H,1-3H3,(H,12,13)/t10-,11+/m0/s1. The van der Waals surface area contributed by atoms with Crippen LogP contribution < -0.4 is 0 Å². The van der Waals surface area contributed by atoms with E-state index in [0.29, 0.717) is 0 Å². The first-order chi connectivity index (χ1) is 6.88. The fraction of sp³-hybridized carbons (Fsp3) is 0.455. The van der Waals surface area contributed by atoms with Crippen molar-refractivity contribution < 1.29 is 19.4 Å². The van der Waals surface area contributed by atoms with Gasteiger partial charge in [0.05, 0.1) is 7.11 Å². The fourth-order valence-electron chi connectivity index (χ4n) is 1.63. The molecule has 0 bridgehead atoms. The Balaban J connectivity index is 3.27. The number of aliphatic carboxylic acids is 1. The van der Waals surface area contributed by atoms with Crippen LogP contribution >= 0.6 is 0 Å². The molecule has 4 nitrogen and oxygen atoms in total. The highest BCUT2D eigenvalue weighted by Crippen LogP contribution is 2.45. The number of hydrogen-bond acceptors (Lipinski definition) is 3. The van der Waals surface area contributed by atoms with Gasteiger partial charge in [0.2, 0.25) is 0 Å². The van der Waals surface area contributed by atoms with Gasteiger partial charge in [0.1, 0.15) is 10.8 Å². The van der Waals surface area contributed by atoms with Gasteiger partial charge in [-0.15, -0.1) is 0 Å². The molecule has 2 atom stereocenters. The maximum atomic E-state index is 11.6. The van der Waals surface area contributed by atoms with Crippen LogP contribution in [0.1, 0.15) is 13.8 Å². The minimum Gasteiger partial charge on any atom is -0.481 e. The highest BCUT2D eigenvalue weighted by molar-refractivity contribution is 5.90. The molecule has 0 aliphatic heterocycles. The van der Waals surface area contributed by atoms with Crippen molar-refractivity contribution in [3.05, 3.63) is 24.3 Å². The van der Waals surface area contributed by atoms with Crippen molar-refractivity contribution in [2.24, 2.45) is 10.8 Å². The summed E-state index contributed by atoms with van der Waals surface area (Å²) in [5, 5.41) is 9.18. The van der Waals surface area contributed by atoms with Crippen molar-refractivity contribution in [1.82, 2.24) is 0 Å². The van der Waals surface area contributed by atoms with Gasteiger partial charge >= 0.3 is 11.9 Å². The van der Waals surface area contributed by atoms with Gasteiger partial charge < -0.3 is 9.84 Å². The van der Waals surface area contributed by atoms with Crippen LogP contribution in [-0.4, -0.2) is 24.2 Å². The number of methoxy groups -OCH3 is 1. The average molecular weight is 210 g/mol. The summed E-state index contributed by atoms with van der Waals surface area (Å²) in [5.74, 6) is -1.59. The van der Waals surface area contributed by atoms with Crippen LogP contribution in [0.4, 0.5) is 0 Å². The molecular formula is C11H14O4. The molecule has 82 valence electrons. The molecule has 0 aromatic heterocycles. The maximum Gasteiger partial charge on any atom is 0.316 e. The van der Waals surface area contributed by atoms with Crippen molar-refractivity contribution in [2.75, 3.05) is 7.11 Å². The van der Waals surface area contributed by atoms with E-state index in [1.807, 2.05) is 0 Å². The van der Waals surface area contributed by atoms with Crippen LogP contribution in [0.5, 0.6) is 0 Å². The average Bonchev–Trinajstić information content (AvgIpc) is 2.21. The van der Waals surface area contributed by atoms with Crippen molar-refractivity contribution in [1.29, 1.82) is 0 Å². The summed E-state index contributed by atoms with van der Waals surface area (Å²) in [7, 11) is 1.25. The van der Waals surface area contributed by atoms with E-state index in [9.17, 15) is 14.7 Å². The van der Waals surface area contributed by atoms with Crippen LogP contribution in [0.25, 0.3) is 0 Å². The third-order valence-electron chi connectivity index (χ3n) is 3.10. The number of carboxylic acid groups (broad SMARTS) is 1. The molecule has 0 amide bonds. The number of allylic oxidation sites excluding steroid dienone is 2. The molecule has 0 radical (unpaired) electrons. The first kappa shape index (κ1) is 11.5. The molecular weight excluding hydrogens is 196 g/mol. The summed E-state index contributed by atoms with van der Waals surface area (Å²) in [6.45, 7) is 3.07. The Kier molecular flexibility index (Phi) is 2.71. The van der Waals surface area contributed by atoms with Gasteiger partial charge in [-0.3, -0.25) is 9.59 Å². The maximum absolute atomic E-state index is 11.6. The van der Waals surface area contributed by atoms with E-state index in [0.717, 1.165) is 0 Å². The molecule has 0 saturated carbocycles. The number of ether oxygens (including phenoxy) is 1. The third-order valence-corrected chi connectivity index (χ3v) is 3.10. The Hall–Kier alpha value is -1.58. The lowest BCUT2D eigenvalue weighted by molar-refractivity contribution is -0.165. The molecule has 0 heterocycles. The molecule has 1 aliphatic carbocycles. The van der Waals surface area contributed by atoms with Gasteiger partial charge in [0.15, 0.2) is 0 Å². The summed E-state index contributed by atoms with van der Waals surface area (Å²) in [6.07, 6.45) is 6.35. The van der Waals surface area contributed by atoms with Gasteiger partial charge in [-0.05, 0) is 13.8 Å². The van der Waals surface area contributed by atoms with Crippen LogP contribution in [0.15, 0.2) is 24.3 Å². The Labute approximate surface area is 88.2 Å². The molecule has 4 heteroatoms. The smallest absolute Gasteiger partial charge is 0.316 e. The summed E-state index contributed by atoms with van der Waals surface area (Å²) in [6, 6.07) is 0. The second kappa shape index (κ2) is 3.53. The quantitative estimate of drug-likeness (QED) is 0.699. The predicted molar refractivity (Wildman–Crippen MR) is 54.1 cm³/mol. The molecule has 0 aromatic carbocycles. The summed E-state index contributed by atoms with van der Waals surface area (Å²) >= 11 is 0. The summed E-state index contributed by atoms with van der Waals surface area (Å²) in [5.41, 5.74) is -2.43. The lowest BCUT2D eigenvalue weighted by Gasteiger charge is -2.38. The molecule has 0 saturated heterocycles. The molecule has 0 unspecified atom stereocenters. The first-order valence-corrected chi connectivity index (χ1v) is 4.57. The zero-order chi connectivity index (χ0) is 11.7. The Morgan fingerprint density at radius 3 is 2.00 bits per heavy atom. The second-order valence-corrected chi connectivity index (χ2v) is 3.92. The summed E-state index contributed by atoms with van der Waals surface area (Å²) in [4.78, 5) is 22.9. The number of rotatable bonds is 2. The van der Waals surface area contributed by atoms with E-state index in [2.05, 4.69) is 4.74 Å². The topological polar surface area (TPSA) is 63.6 Å². The molecule has 1 aliphatic rings. The molecule has 1 N–H and O–H groups in total. The first-order valence-electron chi connectivity index (χ1n) is 4.57. The van der Waals surface area contributed by atoms with E-state index >= 15 is 0 Å². The largest absolute Gasteiger partial charge is 0.481 e. The SMILES string of the molecule is COC(=O)[C@@]1(C)C=CC=C[C@@]1(C)C(=O)O. The molecule has 15 heavy (non-hydrogen) atoms. The third kappa shape index (κ3) is 1.46. The van der Waals surface area contributed by atoms with Crippen LogP contribution in [-0.2, 0) is 14.3 Å². The van der Waals surface area contributed by atoms with Gasteiger partial charge in [-0.25, -0.2) is 0 Å². The number of carboxylic acids is 1. The lowest BCUT2D eigenvalue weighted by Crippen LogP contribution is -2.48. The molecule has 1 rings (SSSR count). The highest BCUT2D eigenvalue weighted by atomic mass is 16.5. The van der Waals surface area contributed by atoms with Crippen molar-refractivity contribution in [3.8, 4) is 0 Å². The lowest BCUT2D eigenvalue weighted by atomic mass is 9.63. The van der Waals surface area contributed by atoms with Crippen molar-refractivity contribution in [2.45, 2.75) is 13.8 Å². The monoisotopic (exact) mass is 210 g/mol. The molecule has 0 fully saturated rings. The molecule has 0 spiro atoms. The minimum atomic E-state index is -1.27. The van der Waals surface area contributed by atoms with Gasteiger partial charge in [-0.2, -0.15) is 0 Å². The van der Waals surface area contributed by atoms with Crippen molar-refractivity contribution in [3.63, 3.8) is 0 Å². The van der Waals surface area contributed by atoms with E-state index in [1.165, 1.54) is 20.1 Å². The molecule has 0 aromatic rings. The number of carbonyl (C=O) groups is 2. The zero-order valence-electron chi connectivity index (χ0n) is 8.98. The van der Waals surface area contributed by atoms with E-state index in [1.54, 1.807) is 25.2 Å². The Morgan fingerprint density at radius 1 is 1.13 bits per heavy atom. The minimum absolute atomic E-state index is 0.548.